The van der Waals surface area contributed by atoms with E-state index < -0.39 is 0 Å². The van der Waals surface area contributed by atoms with E-state index in [9.17, 15) is 5.11 Å². The van der Waals surface area contributed by atoms with E-state index in [0.29, 0.717) is 0 Å². The van der Waals surface area contributed by atoms with Crippen LogP contribution in [0.2, 0.25) is 0 Å². The molecule has 0 bridgehead atoms. The van der Waals surface area contributed by atoms with Crippen molar-refractivity contribution in [2.24, 2.45) is 0 Å². The Morgan fingerprint density at radius 3 is 2.00 bits per heavy atom. The number of allylic oxidation sites excluding steroid dienone is 1. The highest BCUT2D eigenvalue weighted by atomic mass is 16.4. The summed E-state index contributed by atoms with van der Waals surface area (Å²) in [4.78, 5) is 0. The maximum atomic E-state index is 9.33. The van der Waals surface area contributed by atoms with Crippen LogP contribution in [0.1, 0.15) is 31.9 Å². The van der Waals surface area contributed by atoms with E-state index in [4.69, 9.17) is 0 Å². The van der Waals surface area contributed by atoms with Crippen molar-refractivity contribution in [1.82, 2.24) is 0 Å². The van der Waals surface area contributed by atoms with Gasteiger partial charge in [-0.15, -0.1) is 6.58 Å². The minimum Gasteiger partial charge on any atom is -0.388 e. The summed E-state index contributed by atoms with van der Waals surface area (Å²) in [6.45, 7) is 7.22. The van der Waals surface area contributed by atoms with Crippen LogP contribution in [0.25, 0.3) is 0 Å². The second kappa shape index (κ2) is 13.9. The number of aliphatic hydroxyl groups is 1. The maximum absolute atomic E-state index is 9.33. The monoisotopic (exact) mass is 224 g/mol. The first kappa shape index (κ1) is 17.3. The molecule has 0 amide bonds. The number of benzene rings is 1. The smallest absolute Gasteiger partial charge is 0.0787 e. The Morgan fingerprint density at radius 1 is 1.31 bits per heavy atom. The molecule has 0 saturated heterocycles. The Hall–Kier alpha value is -1.12. The van der Waals surface area contributed by atoms with Crippen molar-refractivity contribution < 1.29 is 9.84 Å². The molecule has 2 nitrogen and oxygen atoms in total. The lowest BCUT2D eigenvalue weighted by Gasteiger charge is -2.05. The van der Waals surface area contributed by atoms with Gasteiger partial charge in [-0.3, -0.25) is 0 Å². The van der Waals surface area contributed by atoms with Gasteiger partial charge in [-0.1, -0.05) is 43.3 Å². The molecule has 92 valence electrons. The van der Waals surface area contributed by atoms with Crippen LogP contribution in [0.15, 0.2) is 43.0 Å². The number of aliphatic hydroxyl groups excluding tert-OH is 1. The predicted molar refractivity (Wildman–Crippen MR) is 70.5 cm³/mol. The van der Waals surface area contributed by atoms with Gasteiger partial charge in [-0.05, 0) is 18.9 Å². The highest BCUT2D eigenvalue weighted by Gasteiger charge is 2.00. The quantitative estimate of drug-likeness (QED) is 0.778. The Labute approximate surface area is 99.6 Å². The second-order valence-electron chi connectivity index (χ2n) is 3.15. The van der Waals surface area contributed by atoms with E-state index in [0.717, 1.165) is 12.0 Å². The van der Waals surface area contributed by atoms with Gasteiger partial charge in [0.2, 0.25) is 0 Å². The summed E-state index contributed by atoms with van der Waals surface area (Å²) >= 11 is 0. The third-order valence-corrected chi connectivity index (χ3v) is 1.57. The summed E-state index contributed by atoms with van der Waals surface area (Å²) in [5, 5.41) is 9.33. The van der Waals surface area contributed by atoms with E-state index in [1.165, 1.54) is 0 Å². The highest BCUT2D eigenvalue weighted by Crippen LogP contribution is 2.14. The standard InChI is InChI=1S/C9H12O.C3H6.C2H6O/c1-2-9(10)8-6-4-3-5-7-8;2*1-3-2/h3-7,9-10H,2H2,1H3;3H,1H2,2H3;1-2H3/t9-;;/m1../s1. The molecular weight excluding hydrogens is 200 g/mol. The highest BCUT2D eigenvalue weighted by molar-refractivity contribution is 5.16. The van der Waals surface area contributed by atoms with E-state index in [1.54, 1.807) is 20.3 Å². The average molecular weight is 224 g/mol. The molecule has 2 heteroatoms. The van der Waals surface area contributed by atoms with E-state index in [1.807, 2.05) is 44.2 Å². The number of hydrogen-bond donors (Lipinski definition) is 1. The van der Waals surface area contributed by atoms with Crippen LogP contribution in [-0.2, 0) is 4.74 Å². The van der Waals surface area contributed by atoms with E-state index in [2.05, 4.69) is 11.3 Å². The van der Waals surface area contributed by atoms with Crippen LogP contribution in [0.3, 0.4) is 0 Å². The minimum absolute atomic E-state index is 0.291. The first-order valence-corrected chi connectivity index (χ1v) is 5.38. The molecule has 0 heterocycles. The van der Waals surface area contributed by atoms with Crippen molar-refractivity contribution >= 4 is 0 Å². The average Bonchev–Trinajstić information content (AvgIpc) is 2.31. The summed E-state index contributed by atoms with van der Waals surface area (Å²) in [6, 6.07) is 9.70. The first-order valence-electron chi connectivity index (χ1n) is 5.38. The predicted octanol–water partition coefficient (Wildman–Crippen LogP) is 3.58. The zero-order chi connectivity index (χ0) is 12.8. The lowest BCUT2D eigenvalue weighted by molar-refractivity contribution is 0.173. The fourth-order valence-electron chi connectivity index (χ4n) is 0.911. The number of methoxy groups -OCH3 is 1. The van der Waals surface area contributed by atoms with Gasteiger partial charge < -0.3 is 9.84 Å². The minimum atomic E-state index is -0.291. The van der Waals surface area contributed by atoms with Gasteiger partial charge in [-0.25, -0.2) is 0 Å². The lowest BCUT2D eigenvalue weighted by Crippen LogP contribution is -1.93. The summed E-state index contributed by atoms with van der Waals surface area (Å²) in [5.41, 5.74) is 1.00. The van der Waals surface area contributed by atoms with Gasteiger partial charge in [0.25, 0.3) is 0 Å². The van der Waals surface area contributed by atoms with Gasteiger partial charge in [-0.2, -0.15) is 0 Å². The second-order valence-corrected chi connectivity index (χ2v) is 3.15. The molecule has 1 aromatic carbocycles. The zero-order valence-electron chi connectivity index (χ0n) is 10.8. The lowest BCUT2D eigenvalue weighted by atomic mass is 10.1. The van der Waals surface area contributed by atoms with Gasteiger partial charge in [0.15, 0.2) is 0 Å². The molecule has 16 heavy (non-hydrogen) atoms. The molecule has 0 fully saturated rings. The molecule has 0 radical (unpaired) electrons. The Morgan fingerprint density at radius 2 is 1.69 bits per heavy atom. The third-order valence-electron chi connectivity index (χ3n) is 1.57. The molecule has 1 atom stereocenters. The van der Waals surface area contributed by atoms with E-state index >= 15 is 0 Å². The van der Waals surface area contributed by atoms with Crippen molar-refractivity contribution in [3.8, 4) is 0 Å². The Kier molecular flexibility index (Phi) is 15.0. The molecule has 0 unspecified atom stereocenters. The van der Waals surface area contributed by atoms with Gasteiger partial charge in [0.05, 0.1) is 6.10 Å². The van der Waals surface area contributed by atoms with Crippen LogP contribution in [0.5, 0.6) is 0 Å². The van der Waals surface area contributed by atoms with Crippen molar-refractivity contribution in [1.29, 1.82) is 0 Å². The number of rotatable bonds is 2. The fourth-order valence-corrected chi connectivity index (χ4v) is 0.911. The topological polar surface area (TPSA) is 29.5 Å². The number of hydrogen-bond acceptors (Lipinski definition) is 2. The molecule has 0 aliphatic heterocycles. The molecule has 1 N–H and O–H groups in total. The van der Waals surface area contributed by atoms with Gasteiger partial charge in [0, 0.05) is 14.2 Å². The summed E-state index contributed by atoms with van der Waals surface area (Å²) in [7, 11) is 3.25. The van der Waals surface area contributed by atoms with Crippen LogP contribution in [0.4, 0.5) is 0 Å². The van der Waals surface area contributed by atoms with Crippen molar-refractivity contribution in [3.05, 3.63) is 48.6 Å². The molecule has 0 aliphatic carbocycles. The normalized spacial score (nSPS) is 10.1. The van der Waals surface area contributed by atoms with Gasteiger partial charge in [0.1, 0.15) is 0 Å². The molecule has 1 rings (SSSR count). The molecule has 0 saturated carbocycles. The van der Waals surface area contributed by atoms with E-state index in [-0.39, 0.29) is 6.10 Å². The molecule has 0 aliphatic rings. The number of ether oxygens (including phenoxy) is 1. The third kappa shape index (κ3) is 11.0. The van der Waals surface area contributed by atoms with Crippen molar-refractivity contribution in [3.63, 3.8) is 0 Å². The molecule has 0 aromatic heterocycles. The van der Waals surface area contributed by atoms with Crippen molar-refractivity contribution in [2.45, 2.75) is 26.4 Å². The van der Waals surface area contributed by atoms with Crippen LogP contribution < -0.4 is 0 Å². The Bertz CT molecular complexity index is 232. The maximum Gasteiger partial charge on any atom is 0.0787 e. The largest absolute Gasteiger partial charge is 0.388 e. The van der Waals surface area contributed by atoms with Crippen LogP contribution in [-0.4, -0.2) is 19.3 Å². The zero-order valence-corrected chi connectivity index (χ0v) is 10.8. The first-order chi connectivity index (χ1) is 7.67. The van der Waals surface area contributed by atoms with Crippen LogP contribution >= 0.6 is 0 Å². The fraction of sp³-hybridized carbons (Fsp3) is 0.429. The summed E-state index contributed by atoms with van der Waals surface area (Å²) < 4.78 is 4.25. The van der Waals surface area contributed by atoms with Gasteiger partial charge >= 0.3 is 0 Å². The molecule has 0 spiro atoms. The molecular formula is C14H24O2. The SMILES string of the molecule is C=CC.CC[C@@H](O)c1ccccc1.COC. The summed E-state index contributed by atoms with van der Waals surface area (Å²) in [5.74, 6) is 0. The van der Waals surface area contributed by atoms with Crippen molar-refractivity contribution in [2.75, 3.05) is 14.2 Å². The van der Waals surface area contributed by atoms with Crippen LogP contribution in [0, 0.1) is 0 Å². The summed E-state index contributed by atoms with van der Waals surface area (Å²) in [6.07, 6.45) is 2.24. The Balaban J connectivity index is 0. The molecule has 1 aromatic rings.